The fourth-order valence-corrected chi connectivity index (χ4v) is 3.75. The molecule has 0 aliphatic carbocycles. The molecule has 22 heavy (non-hydrogen) atoms. The highest BCUT2D eigenvalue weighted by Gasteiger charge is 2.25. The average molecular weight is 341 g/mol. The number of aromatic nitrogens is 2. The number of amides is 1. The highest BCUT2D eigenvalue weighted by atomic mass is 35.5. The van der Waals surface area contributed by atoms with Crippen LogP contribution in [-0.4, -0.2) is 42.7 Å². The Hall–Kier alpha value is -1.44. The van der Waals surface area contributed by atoms with Crippen LogP contribution in [0.1, 0.15) is 18.7 Å². The van der Waals surface area contributed by atoms with Gasteiger partial charge in [0.1, 0.15) is 0 Å². The summed E-state index contributed by atoms with van der Waals surface area (Å²) in [6.07, 6.45) is 0.714. The van der Waals surface area contributed by atoms with Crippen molar-refractivity contribution >= 4 is 45.4 Å². The lowest BCUT2D eigenvalue weighted by molar-refractivity contribution is -0.110. The van der Waals surface area contributed by atoms with Crippen LogP contribution in [0.2, 0.25) is 5.28 Å². The lowest BCUT2D eigenvalue weighted by atomic mass is 10.0. The third kappa shape index (κ3) is 2.88. The molecular weight excluding hydrogens is 324 g/mol. The van der Waals surface area contributed by atoms with Gasteiger partial charge in [0, 0.05) is 18.0 Å². The second-order valence-corrected chi connectivity index (χ2v) is 7.02. The first kappa shape index (κ1) is 15.5. The fraction of sp³-hybridized carbons (Fsp3) is 0.500. The van der Waals surface area contributed by atoms with Gasteiger partial charge in [-0.15, -0.1) is 11.3 Å². The maximum absolute atomic E-state index is 10.8. The maximum atomic E-state index is 10.8. The van der Waals surface area contributed by atoms with E-state index in [4.69, 9.17) is 16.3 Å². The highest BCUT2D eigenvalue weighted by Crippen LogP contribution is 2.37. The number of carbonyl (C=O) groups is 1. The second kappa shape index (κ2) is 5.98. The summed E-state index contributed by atoms with van der Waals surface area (Å²) >= 11 is 7.67. The first-order valence-corrected chi connectivity index (χ1v) is 8.22. The van der Waals surface area contributed by atoms with Gasteiger partial charge in [-0.25, -0.2) is 4.98 Å². The number of anilines is 1. The van der Waals surface area contributed by atoms with Gasteiger partial charge >= 0.3 is 0 Å². The van der Waals surface area contributed by atoms with Crippen LogP contribution in [0.4, 0.5) is 5.82 Å². The summed E-state index contributed by atoms with van der Waals surface area (Å²) in [5.41, 5.74) is 0.351. The minimum Gasteiger partial charge on any atom is -0.378 e. The van der Waals surface area contributed by atoms with E-state index in [9.17, 15) is 4.79 Å². The van der Waals surface area contributed by atoms with Gasteiger partial charge in [-0.1, -0.05) is 0 Å². The number of nitrogens with zero attached hydrogens (tertiary/aromatic N) is 3. The van der Waals surface area contributed by atoms with Crippen LogP contribution in [0.3, 0.4) is 0 Å². The second-order valence-electron chi connectivity index (χ2n) is 5.63. The van der Waals surface area contributed by atoms with Crippen molar-refractivity contribution in [2.24, 2.45) is 0 Å². The number of thiophene rings is 1. The van der Waals surface area contributed by atoms with E-state index in [0.29, 0.717) is 19.6 Å². The van der Waals surface area contributed by atoms with Crippen LogP contribution in [0.25, 0.3) is 10.2 Å². The standard InChI is InChI=1S/C14H17ClN4O2S/c1-14(2,16-8-20)10-7-9-11(22-10)12(18-13(15)17-9)19-3-5-21-6-4-19/h7-8H,3-6H2,1-2H3,(H,16,20). The molecule has 6 nitrogen and oxygen atoms in total. The van der Waals surface area contributed by atoms with Crippen molar-refractivity contribution in [2.45, 2.75) is 19.4 Å². The molecule has 0 bridgehead atoms. The third-order valence-electron chi connectivity index (χ3n) is 3.67. The summed E-state index contributed by atoms with van der Waals surface area (Å²) < 4.78 is 6.38. The summed E-state index contributed by atoms with van der Waals surface area (Å²) in [6.45, 7) is 6.83. The van der Waals surface area contributed by atoms with E-state index in [0.717, 1.165) is 34.0 Å². The van der Waals surface area contributed by atoms with Gasteiger partial charge in [0.05, 0.1) is 29.0 Å². The van der Waals surface area contributed by atoms with Crippen molar-refractivity contribution in [3.8, 4) is 0 Å². The van der Waals surface area contributed by atoms with Crippen molar-refractivity contribution < 1.29 is 9.53 Å². The predicted octanol–water partition coefficient (Wildman–Crippen LogP) is 2.16. The summed E-state index contributed by atoms with van der Waals surface area (Å²) in [5, 5.41) is 3.06. The highest BCUT2D eigenvalue weighted by molar-refractivity contribution is 7.19. The number of hydrogen-bond donors (Lipinski definition) is 1. The molecule has 0 atom stereocenters. The van der Waals surface area contributed by atoms with Gasteiger partial charge in [-0.2, -0.15) is 4.98 Å². The molecule has 2 aromatic heterocycles. The van der Waals surface area contributed by atoms with E-state index in [1.807, 2.05) is 19.9 Å². The molecule has 2 aromatic rings. The normalized spacial score (nSPS) is 16.0. The van der Waals surface area contributed by atoms with Crippen molar-refractivity contribution in [2.75, 3.05) is 31.2 Å². The van der Waals surface area contributed by atoms with E-state index < -0.39 is 5.54 Å². The lowest BCUT2D eigenvalue weighted by Crippen LogP contribution is -2.36. The van der Waals surface area contributed by atoms with Crippen molar-refractivity contribution in [3.05, 3.63) is 16.2 Å². The van der Waals surface area contributed by atoms with Gasteiger partial charge in [0.25, 0.3) is 0 Å². The Kier molecular flexibility index (Phi) is 4.20. The Morgan fingerprint density at radius 1 is 1.41 bits per heavy atom. The number of ether oxygens (including phenoxy) is 1. The largest absolute Gasteiger partial charge is 0.378 e. The Morgan fingerprint density at radius 3 is 2.82 bits per heavy atom. The molecule has 0 saturated carbocycles. The van der Waals surface area contributed by atoms with E-state index in [-0.39, 0.29) is 5.28 Å². The lowest BCUT2D eigenvalue weighted by Gasteiger charge is -2.28. The average Bonchev–Trinajstić information content (AvgIpc) is 2.92. The molecule has 0 unspecified atom stereocenters. The van der Waals surface area contributed by atoms with Crippen LogP contribution in [0.15, 0.2) is 6.07 Å². The zero-order valence-corrected chi connectivity index (χ0v) is 14.0. The Labute approximate surface area is 137 Å². The minimum absolute atomic E-state index is 0.236. The quantitative estimate of drug-likeness (QED) is 0.682. The zero-order chi connectivity index (χ0) is 15.7. The Bertz CT molecular complexity index is 697. The first-order chi connectivity index (χ1) is 10.5. The summed E-state index contributed by atoms with van der Waals surface area (Å²) in [6, 6.07) is 1.97. The molecule has 3 rings (SSSR count). The molecule has 1 fully saturated rings. The van der Waals surface area contributed by atoms with Crippen LogP contribution < -0.4 is 10.2 Å². The van der Waals surface area contributed by atoms with Gasteiger partial charge in [0.15, 0.2) is 5.82 Å². The maximum Gasteiger partial charge on any atom is 0.224 e. The molecule has 1 N–H and O–H groups in total. The predicted molar refractivity (Wildman–Crippen MR) is 87.7 cm³/mol. The number of fused-ring (bicyclic) bond motifs is 1. The van der Waals surface area contributed by atoms with Crippen LogP contribution >= 0.6 is 22.9 Å². The number of hydrogen-bond acceptors (Lipinski definition) is 6. The smallest absolute Gasteiger partial charge is 0.224 e. The Morgan fingerprint density at radius 2 is 2.14 bits per heavy atom. The van der Waals surface area contributed by atoms with E-state index in [2.05, 4.69) is 20.2 Å². The fourth-order valence-electron chi connectivity index (χ4n) is 2.40. The zero-order valence-electron chi connectivity index (χ0n) is 12.4. The molecule has 118 valence electrons. The molecule has 8 heteroatoms. The summed E-state index contributed by atoms with van der Waals surface area (Å²) in [7, 11) is 0. The minimum atomic E-state index is -0.456. The van der Waals surface area contributed by atoms with Crippen molar-refractivity contribution in [1.82, 2.24) is 15.3 Å². The van der Waals surface area contributed by atoms with Crippen molar-refractivity contribution in [1.29, 1.82) is 0 Å². The number of rotatable bonds is 4. The SMILES string of the molecule is CC(C)(NC=O)c1cc2nc(Cl)nc(N3CCOCC3)c2s1. The Balaban J connectivity index is 2.08. The molecular formula is C14H17ClN4O2S. The van der Waals surface area contributed by atoms with Gasteiger partial charge in [0.2, 0.25) is 11.7 Å². The first-order valence-electron chi connectivity index (χ1n) is 7.03. The molecule has 0 aromatic carbocycles. The molecule has 1 saturated heterocycles. The number of carbonyl (C=O) groups excluding carboxylic acids is 1. The number of morpholine rings is 1. The summed E-state index contributed by atoms with van der Waals surface area (Å²) in [4.78, 5) is 22.7. The van der Waals surface area contributed by atoms with E-state index >= 15 is 0 Å². The summed E-state index contributed by atoms with van der Waals surface area (Å²) in [5.74, 6) is 0.844. The van der Waals surface area contributed by atoms with Crippen LogP contribution in [-0.2, 0) is 15.1 Å². The molecule has 3 heterocycles. The molecule has 0 spiro atoms. The molecule has 1 aliphatic heterocycles. The van der Waals surface area contributed by atoms with Crippen LogP contribution in [0.5, 0.6) is 0 Å². The topological polar surface area (TPSA) is 67.4 Å². The van der Waals surface area contributed by atoms with E-state index in [1.54, 1.807) is 11.3 Å². The molecule has 1 amide bonds. The van der Waals surface area contributed by atoms with Crippen LogP contribution in [0, 0.1) is 0 Å². The van der Waals surface area contributed by atoms with Crippen molar-refractivity contribution in [3.63, 3.8) is 0 Å². The number of nitrogens with one attached hydrogen (secondary N) is 1. The van der Waals surface area contributed by atoms with Gasteiger partial charge in [-0.05, 0) is 31.5 Å². The molecule has 0 radical (unpaired) electrons. The van der Waals surface area contributed by atoms with E-state index in [1.165, 1.54) is 0 Å². The third-order valence-corrected chi connectivity index (χ3v) is 5.29. The van der Waals surface area contributed by atoms with Gasteiger partial charge in [-0.3, -0.25) is 4.79 Å². The molecule has 1 aliphatic rings. The number of halogens is 1. The monoisotopic (exact) mass is 340 g/mol. The van der Waals surface area contributed by atoms with Gasteiger partial charge < -0.3 is 15.0 Å².